The van der Waals surface area contributed by atoms with Crippen LogP contribution in [0, 0.1) is 17.8 Å². The van der Waals surface area contributed by atoms with Gasteiger partial charge in [0.15, 0.2) is 0 Å². The van der Waals surface area contributed by atoms with Crippen molar-refractivity contribution in [1.82, 2.24) is 15.6 Å². The van der Waals surface area contributed by atoms with Crippen molar-refractivity contribution in [3.8, 4) is 0 Å². The van der Waals surface area contributed by atoms with Crippen LogP contribution in [0.3, 0.4) is 0 Å². The fraction of sp³-hybridized carbons (Fsp3) is 0.647. The van der Waals surface area contributed by atoms with Gasteiger partial charge in [-0.2, -0.15) is 0 Å². The molecule has 1 aromatic heterocycles. The van der Waals surface area contributed by atoms with E-state index in [1.54, 1.807) is 0 Å². The minimum Gasteiger partial charge on any atom is -0.396 e. The van der Waals surface area contributed by atoms with Crippen LogP contribution in [0.1, 0.15) is 25.0 Å². The Morgan fingerprint density at radius 1 is 1.35 bits per heavy atom. The molecule has 6 nitrogen and oxygen atoms in total. The Morgan fingerprint density at radius 3 is 2.87 bits per heavy atom. The van der Waals surface area contributed by atoms with Crippen LogP contribution in [0.2, 0.25) is 0 Å². The Bertz CT molecular complexity index is 563. The second-order valence-corrected chi connectivity index (χ2v) is 6.91. The van der Waals surface area contributed by atoms with E-state index in [0.717, 1.165) is 17.9 Å². The minimum atomic E-state index is -0.168. The second kappa shape index (κ2) is 6.74. The largest absolute Gasteiger partial charge is 0.396 e. The summed E-state index contributed by atoms with van der Waals surface area (Å²) in [6, 6.07) is 5.72. The van der Waals surface area contributed by atoms with E-state index < -0.39 is 0 Å². The van der Waals surface area contributed by atoms with Gasteiger partial charge in [0.2, 0.25) is 0 Å². The van der Waals surface area contributed by atoms with E-state index in [1.807, 2.05) is 37.2 Å². The lowest BCUT2D eigenvalue weighted by molar-refractivity contribution is 0.144. The van der Waals surface area contributed by atoms with E-state index in [1.165, 1.54) is 12.8 Å². The van der Waals surface area contributed by atoms with Crippen molar-refractivity contribution < 1.29 is 9.90 Å². The maximum atomic E-state index is 12.2. The van der Waals surface area contributed by atoms with Crippen LogP contribution in [0.5, 0.6) is 0 Å². The Balaban J connectivity index is 1.53. The first-order valence-corrected chi connectivity index (χ1v) is 8.37. The summed E-state index contributed by atoms with van der Waals surface area (Å²) < 4.78 is 0. The highest BCUT2D eigenvalue weighted by molar-refractivity contribution is 5.74. The van der Waals surface area contributed by atoms with Crippen LogP contribution < -0.4 is 15.5 Å². The van der Waals surface area contributed by atoms with Crippen LogP contribution in [0.25, 0.3) is 0 Å². The molecule has 0 aromatic carbocycles. The molecule has 126 valence electrons. The van der Waals surface area contributed by atoms with Gasteiger partial charge in [-0.15, -0.1) is 0 Å². The first kappa shape index (κ1) is 16.1. The number of anilines is 1. The van der Waals surface area contributed by atoms with Crippen LogP contribution in [0.15, 0.2) is 18.2 Å². The molecule has 1 aromatic rings. The Kier molecular flexibility index (Phi) is 4.71. The van der Waals surface area contributed by atoms with Crippen LogP contribution >= 0.6 is 0 Å². The molecule has 0 saturated heterocycles. The van der Waals surface area contributed by atoms with E-state index in [9.17, 15) is 9.90 Å². The zero-order valence-corrected chi connectivity index (χ0v) is 13.8. The molecule has 2 fully saturated rings. The van der Waals surface area contributed by atoms with Crippen molar-refractivity contribution in [2.75, 3.05) is 25.6 Å². The van der Waals surface area contributed by atoms with E-state index in [4.69, 9.17) is 0 Å². The molecule has 2 bridgehead atoms. The van der Waals surface area contributed by atoms with E-state index >= 15 is 0 Å². The lowest BCUT2D eigenvalue weighted by Gasteiger charge is -2.30. The highest BCUT2D eigenvalue weighted by Crippen LogP contribution is 2.48. The van der Waals surface area contributed by atoms with Gasteiger partial charge in [0.25, 0.3) is 0 Å². The van der Waals surface area contributed by atoms with Crippen molar-refractivity contribution in [3.63, 3.8) is 0 Å². The molecule has 2 aliphatic carbocycles. The number of hydrogen-bond acceptors (Lipinski definition) is 4. The highest BCUT2D eigenvalue weighted by atomic mass is 16.3. The third-order valence-electron chi connectivity index (χ3n) is 5.28. The van der Waals surface area contributed by atoms with Gasteiger partial charge in [0.05, 0.1) is 12.2 Å². The number of pyridine rings is 1. The maximum absolute atomic E-state index is 12.2. The summed E-state index contributed by atoms with van der Waals surface area (Å²) in [5.41, 5.74) is 0.831. The molecule has 6 heteroatoms. The number of aliphatic hydroxyl groups excluding tert-OH is 1. The number of rotatable bonds is 5. The summed E-state index contributed by atoms with van der Waals surface area (Å²) in [5.74, 6) is 2.19. The minimum absolute atomic E-state index is 0.111. The highest BCUT2D eigenvalue weighted by Gasteiger charge is 2.47. The molecule has 23 heavy (non-hydrogen) atoms. The van der Waals surface area contributed by atoms with E-state index in [0.29, 0.717) is 18.4 Å². The molecular weight excluding hydrogens is 292 g/mol. The zero-order chi connectivity index (χ0) is 16.4. The van der Waals surface area contributed by atoms with Gasteiger partial charge in [0, 0.05) is 32.7 Å². The molecule has 0 aliphatic heterocycles. The molecular formula is C17H26N4O2. The number of fused-ring (bicyclic) bond motifs is 2. The standard InChI is InChI=1S/C17H26N4O2/c1-21(2)15-5-3-4-13(19-15)9-18-17(23)20-16-12-7-6-11(8-12)14(16)10-22/h3-5,11-12,14,16,22H,6-10H2,1-2H3,(H2,18,20,23). The predicted octanol–water partition coefficient (Wildman–Crippen LogP) is 1.35. The third kappa shape index (κ3) is 3.42. The maximum Gasteiger partial charge on any atom is 0.315 e. The Labute approximate surface area is 137 Å². The number of nitrogens with zero attached hydrogens (tertiary/aromatic N) is 2. The average molecular weight is 318 g/mol. The van der Waals surface area contributed by atoms with Crippen LogP contribution in [0.4, 0.5) is 10.6 Å². The van der Waals surface area contributed by atoms with Crippen molar-refractivity contribution >= 4 is 11.8 Å². The van der Waals surface area contributed by atoms with Gasteiger partial charge in [0.1, 0.15) is 5.82 Å². The summed E-state index contributed by atoms with van der Waals surface area (Å²) in [6.07, 6.45) is 3.50. The Hall–Kier alpha value is -1.82. The number of urea groups is 1. The van der Waals surface area contributed by atoms with Crippen LogP contribution in [-0.2, 0) is 6.54 Å². The summed E-state index contributed by atoms with van der Waals surface area (Å²) >= 11 is 0. The van der Waals surface area contributed by atoms with Crippen molar-refractivity contribution in [2.45, 2.75) is 31.8 Å². The van der Waals surface area contributed by atoms with Gasteiger partial charge in [-0.1, -0.05) is 6.07 Å². The molecule has 1 heterocycles. The lowest BCUT2D eigenvalue weighted by Crippen LogP contribution is -2.48. The summed E-state index contributed by atoms with van der Waals surface area (Å²) in [6.45, 7) is 0.566. The van der Waals surface area contributed by atoms with Gasteiger partial charge in [-0.25, -0.2) is 9.78 Å². The summed E-state index contributed by atoms with van der Waals surface area (Å²) in [7, 11) is 3.88. The molecule has 2 amide bonds. The fourth-order valence-electron chi connectivity index (χ4n) is 4.09. The molecule has 0 spiro atoms. The van der Waals surface area contributed by atoms with Gasteiger partial charge >= 0.3 is 6.03 Å². The number of nitrogens with one attached hydrogen (secondary N) is 2. The number of carbonyl (C=O) groups excluding carboxylic acids is 1. The van der Waals surface area contributed by atoms with Crippen molar-refractivity contribution in [1.29, 1.82) is 0 Å². The molecule has 4 atom stereocenters. The van der Waals surface area contributed by atoms with Gasteiger partial charge in [-0.3, -0.25) is 0 Å². The monoisotopic (exact) mass is 318 g/mol. The molecule has 4 unspecified atom stereocenters. The number of amides is 2. The van der Waals surface area contributed by atoms with E-state index in [2.05, 4.69) is 15.6 Å². The predicted molar refractivity (Wildman–Crippen MR) is 89.1 cm³/mol. The first-order valence-electron chi connectivity index (χ1n) is 8.37. The molecule has 3 N–H and O–H groups in total. The normalized spacial score (nSPS) is 28.7. The molecule has 2 aliphatic rings. The number of carbonyl (C=O) groups is 1. The average Bonchev–Trinajstić information content (AvgIpc) is 3.14. The molecule has 0 radical (unpaired) electrons. The number of aliphatic hydroxyl groups is 1. The topological polar surface area (TPSA) is 77.5 Å². The second-order valence-electron chi connectivity index (χ2n) is 6.91. The fourth-order valence-corrected chi connectivity index (χ4v) is 4.09. The third-order valence-corrected chi connectivity index (χ3v) is 5.28. The summed E-state index contributed by atoms with van der Waals surface area (Å²) in [5, 5.41) is 15.5. The zero-order valence-electron chi connectivity index (χ0n) is 13.8. The van der Waals surface area contributed by atoms with Crippen molar-refractivity contribution in [2.24, 2.45) is 17.8 Å². The van der Waals surface area contributed by atoms with Crippen molar-refractivity contribution in [3.05, 3.63) is 23.9 Å². The number of hydrogen-bond donors (Lipinski definition) is 3. The summed E-state index contributed by atoms with van der Waals surface area (Å²) in [4.78, 5) is 18.6. The smallest absolute Gasteiger partial charge is 0.315 e. The van der Waals surface area contributed by atoms with E-state index in [-0.39, 0.29) is 24.6 Å². The quantitative estimate of drug-likeness (QED) is 0.766. The van der Waals surface area contributed by atoms with Crippen LogP contribution in [-0.4, -0.2) is 42.9 Å². The lowest BCUT2D eigenvalue weighted by atomic mass is 9.85. The van der Waals surface area contributed by atoms with Gasteiger partial charge < -0.3 is 20.6 Å². The Morgan fingerprint density at radius 2 is 2.13 bits per heavy atom. The number of aromatic nitrogens is 1. The first-order chi connectivity index (χ1) is 11.1. The molecule has 3 rings (SSSR count). The molecule has 2 saturated carbocycles. The SMILES string of the molecule is CN(C)c1cccc(CNC(=O)NC2C3CCC(C3)C2CO)n1. The van der Waals surface area contributed by atoms with Gasteiger partial charge in [-0.05, 0) is 43.2 Å².